The van der Waals surface area contributed by atoms with Crippen molar-refractivity contribution in [3.05, 3.63) is 60.2 Å². The Kier molecular flexibility index (Phi) is 6.27. The van der Waals surface area contributed by atoms with Gasteiger partial charge >= 0.3 is 0 Å². The minimum atomic E-state index is -3.68. The van der Waals surface area contributed by atoms with Crippen molar-refractivity contribution in [1.82, 2.24) is 10.6 Å². The van der Waals surface area contributed by atoms with Crippen LogP contribution in [0.15, 0.2) is 59.5 Å². The van der Waals surface area contributed by atoms with Gasteiger partial charge in [-0.3, -0.25) is 9.52 Å². The summed E-state index contributed by atoms with van der Waals surface area (Å²) in [5, 5.41) is 6.66. The van der Waals surface area contributed by atoms with Gasteiger partial charge in [0, 0.05) is 29.4 Å². The minimum absolute atomic E-state index is 0. The number of rotatable bonds is 5. The highest BCUT2D eigenvalue weighted by Crippen LogP contribution is 2.27. The number of carbonyl (C=O) groups excluding carboxylic acids is 1. The highest BCUT2D eigenvalue weighted by atomic mass is 35.5. The van der Waals surface area contributed by atoms with Crippen LogP contribution in [0.5, 0.6) is 0 Å². The first-order chi connectivity index (χ1) is 13.0. The van der Waals surface area contributed by atoms with Gasteiger partial charge < -0.3 is 10.6 Å². The lowest BCUT2D eigenvalue weighted by atomic mass is 9.99. The third-order valence-electron chi connectivity index (χ3n) is 5.24. The molecule has 2 heterocycles. The molecule has 8 heteroatoms. The lowest BCUT2D eigenvalue weighted by Crippen LogP contribution is -2.48. The molecule has 150 valence electrons. The Balaban J connectivity index is 0.00000225. The predicted octanol–water partition coefficient (Wildman–Crippen LogP) is 2.92. The zero-order valence-corrected chi connectivity index (χ0v) is 16.9. The van der Waals surface area contributed by atoms with Gasteiger partial charge in [-0.05, 0) is 56.0 Å². The number of nitrogens with one attached hydrogen (secondary N) is 3. The molecule has 2 atom stereocenters. The van der Waals surface area contributed by atoms with Crippen LogP contribution in [0.4, 0.5) is 5.69 Å². The Bertz CT molecular complexity index is 925. The van der Waals surface area contributed by atoms with Crippen LogP contribution < -0.4 is 15.4 Å². The van der Waals surface area contributed by atoms with Crippen molar-refractivity contribution in [3.63, 3.8) is 0 Å². The minimum Gasteiger partial charge on any atom is -0.349 e. The number of amides is 1. The molecule has 2 saturated heterocycles. The van der Waals surface area contributed by atoms with Crippen LogP contribution >= 0.6 is 12.4 Å². The summed E-state index contributed by atoms with van der Waals surface area (Å²) in [6, 6.07) is 15.9. The molecule has 2 bridgehead atoms. The molecule has 2 aliphatic rings. The maximum Gasteiger partial charge on any atom is 0.261 e. The van der Waals surface area contributed by atoms with Gasteiger partial charge in [-0.2, -0.15) is 0 Å². The van der Waals surface area contributed by atoms with Gasteiger partial charge in [0.1, 0.15) is 0 Å². The van der Waals surface area contributed by atoms with E-state index in [1.54, 1.807) is 42.5 Å². The SMILES string of the molecule is Cl.O=C(NC1CC2CCC(C1)N2)c1cccc(NS(=O)(=O)c2ccccc2)c1. The zero-order valence-electron chi connectivity index (χ0n) is 15.3. The summed E-state index contributed by atoms with van der Waals surface area (Å²) in [4.78, 5) is 12.8. The molecule has 2 unspecified atom stereocenters. The van der Waals surface area contributed by atoms with E-state index >= 15 is 0 Å². The average molecular weight is 422 g/mol. The third-order valence-corrected chi connectivity index (χ3v) is 6.64. The van der Waals surface area contributed by atoms with E-state index in [2.05, 4.69) is 15.4 Å². The van der Waals surface area contributed by atoms with Crippen LogP contribution in [0.1, 0.15) is 36.0 Å². The summed E-state index contributed by atoms with van der Waals surface area (Å²) in [7, 11) is -3.68. The number of hydrogen-bond donors (Lipinski definition) is 3. The predicted molar refractivity (Wildman–Crippen MR) is 111 cm³/mol. The molecule has 4 rings (SSSR count). The van der Waals surface area contributed by atoms with Crippen LogP contribution in [0.25, 0.3) is 0 Å². The smallest absolute Gasteiger partial charge is 0.261 e. The summed E-state index contributed by atoms with van der Waals surface area (Å²) in [5.74, 6) is -0.165. The zero-order chi connectivity index (χ0) is 18.9. The van der Waals surface area contributed by atoms with Crippen molar-refractivity contribution in [3.8, 4) is 0 Å². The van der Waals surface area contributed by atoms with E-state index < -0.39 is 10.0 Å². The quantitative estimate of drug-likeness (QED) is 0.692. The summed E-state index contributed by atoms with van der Waals surface area (Å²) in [5.41, 5.74) is 0.825. The number of piperidine rings is 1. The first-order valence-electron chi connectivity index (χ1n) is 9.24. The number of carbonyl (C=O) groups is 1. The highest BCUT2D eigenvalue weighted by molar-refractivity contribution is 7.92. The fourth-order valence-corrected chi connectivity index (χ4v) is 5.05. The van der Waals surface area contributed by atoms with Gasteiger partial charge in [0.05, 0.1) is 4.90 Å². The second-order valence-corrected chi connectivity index (χ2v) is 8.96. The Morgan fingerprint density at radius 1 is 0.964 bits per heavy atom. The van der Waals surface area contributed by atoms with Crippen molar-refractivity contribution in [2.75, 3.05) is 4.72 Å². The van der Waals surface area contributed by atoms with Gasteiger partial charge in [-0.25, -0.2) is 8.42 Å². The first-order valence-corrected chi connectivity index (χ1v) is 10.7. The van der Waals surface area contributed by atoms with E-state index in [-0.39, 0.29) is 29.3 Å². The molecular weight excluding hydrogens is 398 g/mol. The molecule has 6 nitrogen and oxygen atoms in total. The molecule has 2 aromatic rings. The van der Waals surface area contributed by atoms with E-state index in [4.69, 9.17) is 0 Å². The van der Waals surface area contributed by atoms with Crippen molar-refractivity contribution in [2.24, 2.45) is 0 Å². The monoisotopic (exact) mass is 421 g/mol. The van der Waals surface area contributed by atoms with Crippen molar-refractivity contribution >= 4 is 34.0 Å². The molecular formula is C20H24ClN3O3S. The van der Waals surface area contributed by atoms with Crippen LogP contribution in [0, 0.1) is 0 Å². The molecule has 2 fully saturated rings. The van der Waals surface area contributed by atoms with Crippen molar-refractivity contribution < 1.29 is 13.2 Å². The topological polar surface area (TPSA) is 87.3 Å². The highest BCUT2D eigenvalue weighted by Gasteiger charge is 2.34. The van der Waals surface area contributed by atoms with E-state index in [0.717, 1.165) is 12.8 Å². The average Bonchev–Trinajstić information content (AvgIpc) is 3.00. The normalized spacial score (nSPS) is 23.5. The van der Waals surface area contributed by atoms with Gasteiger partial charge in [0.15, 0.2) is 0 Å². The molecule has 0 saturated carbocycles. The fraction of sp³-hybridized carbons (Fsp3) is 0.350. The molecule has 0 spiro atoms. The summed E-state index contributed by atoms with van der Waals surface area (Å²) >= 11 is 0. The maximum atomic E-state index is 12.6. The molecule has 2 aromatic carbocycles. The van der Waals surface area contributed by atoms with Gasteiger partial charge in [0.2, 0.25) is 0 Å². The van der Waals surface area contributed by atoms with E-state index in [0.29, 0.717) is 23.3 Å². The van der Waals surface area contributed by atoms with E-state index in [1.807, 2.05) is 0 Å². The largest absolute Gasteiger partial charge is 0.349 e. The number of sulfonamides is 1. The Morgan fingerprint density at radius 2 is 1.64 bits per heavy atom. The summed E-state index contributed by atoms with van der Waals surface area (Å²) < 4.78 is 27.5. The second kappa shape index (κ2) is 8.51. The van der Waals surface area contributed by atoms with Crippen molar-refractivity contribution in [1.29, 1.82) is 0 Å². The van der Waals surface area contributed by atoms with Gasteiger partial charge in [0.25, 0.3) is 15.9 Å². The van der Waals surface area contributed by atoms with Crippen molar-refractivity contribution in [2.45, 2.75) is 48.7 Å². The molecule has 0 aliphatic carbocycles. The molecule has 0 radical (unpaired) electrons. The second-order valence-electron chi connectivity index (χ2n) is 7.28. The van der Waals surface area contributed by atoms with Crippen LogP contribution in [0.3, 0.4) is 0 Å². The van der Waals surface area contributed by atoms with Gasteiger partial charge in [-0.1, -0.05) is 24.3 Å². The fourth-order valence-electron chi connectivity index (χ4n) is 3.98. The summed E-state index contributed by atoms with van der Waals surface area (Å²) in [6.07, 6.45) is 4.24. The van der Waals surface area contributed by atoms with Crippen LogP contribution in [-0.4, -0.2) is 32.5 Å². The lowest BCUT2D eigenvalue weighted by molar-refractivity contribution is 0.0924. The number of anilines is 1. The number of hydrogen-bond acceptors (Lipinski definition) is 4. The van der Waals surface area contributed by atoms with E-state index in [1.165, 1.54) is 25.0 Å². The molecule has 28 heavy (non-hydrogen) atoms. The lowest BCUT2D eigenvalue weighted by Gasteiger charge is -2.29. The Morgan fingerprint density at radius 3 is 2.32 bits per heavy atom. The molecule has 0 aromatic heterocycles. The third kappa shape index (κ3) is 4.66. The van der Waals surface area contributed by atoms with Crippen LogP contribution in [-0.2, 0) is 10.0 Å². The number of halogens is 1. The molecule has 2 aliphatic heterocycles. The van der Waals surface area contributed by atoms with Gasteiger partial charge in [-0.15, -0.1) is 12.4 Å². The Labute approximate surface area is 171 Å². The van der Waals surface area contributed by atoms with E-state index in [9.17, 15) is 13.2 Å². The first kappa shape index (κ1) is 20.6. The van der Waals surface area contributed by atoms with Crippen LogP contribution in [0.2, 0.25) is 0 Å². The maximum absolute atomic E-state index is 12.6. The number of fused-ring (bicyclic) bond motifs is 2. The molecule has 1 amide bonds. The number of benzene rings is 2. The molecule has 3 N–H and O–H groups in total. The summed E-state index contributed by atoms with van der Waals surface area (Å²) in [6.45, 7) is 0. The Hall–Kier alpha value is -2.09. The standard InChI is InChI=1S/C20H23N3O3S.ClH/c24-20(22-18-12-15-9-10-16(13-18)21-15)14-5-4-6-17(11-14)23-27(25,26)19-7-2-1-3-8-19;/h1-8,11,15-16,18,21,23H,9-10,12-13H2,(H,22,24);1H.